The monoisotopic (exact) mass is 263 g/mol. The van der Waals surface area contributed by atoms with Crippen molar-refractivity contribution in [1.82, 2.24) is 5.32 Å². The smallest absolute Gasteiger partial charge is 0.251 e. The Hall–Kier alpha value is -0.960. The summed E-state index contributed by atoms with van der Waals surface area (Å²) in [5.41, 5.74) is 1.16. The number of rotatable bonds is 2. The number of amides is 1. The summed E-state index contributed by atoms with van der Waals surface area (Å²) in [5, 5.41) is 3.13. The molecule has 1 aromatic rings. The largest absolute Gasteiger partial charge is 0.349 e. The maximum atomic E-state index is 12.0. The predicted octanol–water partition coefficient (Wildman–Crippen LogP) is 3.67. The van der Waals surface area contributed by atoms with Crippen LogP contribution >= 0.6 is 12.6 Å². The Bertz CT molecular complexity index is 415. The van der Waals surface area contributed by atoms with Crippen LogP contribution in [0.1, 0.15) is 49.9 Å². The Kier molecular flexibility index (Phi) is 4.00. The minimum Gasteiger partial charge on any atom is -0.349 e. The topological polar surface area (TPSA) is 29.1 Å². The second-order valence-corrected chi connectivity index (χ2v) is 6.48. The third-order valence-corrected chi connectivity index (χ3v) is 4.10. The number of thiol groups is 1. The Morgan fingerprint density at radius 3 is 2.33 bits per heavy atom. The normalized spacial score (nSPS) is 19.5. The van der Waals surface area contributed by atoms with E-state index in [0.29, 0.717) is 11.5 Å². The third-order valence-electron chi connectivity index (χ3n) is 3.80. The lowest BCUT2D eigenvalue weighted by Gasteiger charge is -2.34. The molecule has 0 aliphatic heterocycles. The van der Waals surface area contributed by atoms with E-state index in [4.69, 9.17) is 0 Å². The van der Waals surface area contributed by atoms with Gasteiger partial charge in [0.25, 0.3) is 5.91 Å². The molecule has 3 heteroatoms. The van der Waals surface area contributed by atoms with Gasteiger partial charge in [-0.05, 0) is 55.4 Å². The molecule has 0 radical (unpaired) electrons. The molecule has 2 rings (SSSR count). The zero-order chi connectivity index (χ0) is 13.2. The summed E-state index contributed by atoms with van der Waals surface area (Å²) in [6, 6.07) is 7.68. The van der Waals surface area contributed by atoms with Gasteiger partial charge in [-0.2, -0.15) is 0 Å². The molecule has 1 amide bonds. The number of nitrogens with one attached hydrogen (secondary N) is 1. The van der Waals surface area contributed by atoms with Gasteiger partial charge in [0.05, 0.1) is 0 Å². The van der Waals surface area contributed by atoms with E-state index in [1.165, 1.54) is 12.8 Å². The van der Waals surface area contributed by atoms with Crippen molar-refractivity contribution in [3.8, 4) is 0 Å². The predicted molar refractivity (Wildman–Crippen MR) is 77.2 cm³/mol. The van der Waals surface area contributed by atoms with Crippen LogP contribution in [0.15, 0.2) is 29.2 Å². The standard InChI is InChI=1S/C15H21NOS/c1-15(2)9-7-12(8-10-15)16-14(17)11-3-5-13(18)6-4-11/h3-6,12,18H,7-10H2,1-2H3,(H,16,17). The zero-order valence-electron chi connectivity index (χ0n) is 11.1. The Morgan fingerprint density at radius 1 is 1.22 bits per heavy atom. The second kappa shape index (κ2) is 5.35. The molecular weight excluding hydrogens is 242 g/mol. The number of benzene rings is 1. The fourth-order valence-electron chi connectivity index (χ4n) is 2.43. The average Bonchev–Trinajstić information content (AvgIpc) is 2.33. The highest BCUT2D eigenvalue weighted by Gasteiger charge is 2.27. The van der Waals surface area contributed by atoms with E-state index in [2.05, 4.69) is 31.8 Å². The Labute approximate surface area is 115 Å². The molecule has 0 atom stereocenters. The first-order chi connectivity index (χ1) is 8.46. The van der Waals surface area contributed by atoms with Gasteiger partial charge >= 0.3 is 0 Å². The van der Waals surface area contributed by atoms with Crippen LogP contribution in [0.25, 0.3) is 0 Å². The summed E-state index contributed by atoms with van der Waals surface area (Å²) >= 11 is 4.22. The first-order valence-corrected chi connectivity index (χ1v) is 7.01. The fraction of sp³-hybridized carbons (Fsp3) is 0.533. The summed E-state index contributed by atoms with van der Waals surface area (Å²) in [6.07, 6.45) is 4.55. The van der Waals surface area contributed by atoms with Crippen LogP contribution in [0.4, 0.5) is 0 Å². The fourth-order valence-corrected chi connectivity index (χ4v) is 2.57. The molecule has 1 aliphatic carbocycles. The lowest BCUT2D eigenvalue weighted by Crippen LogP contribution is -2.39. The van der Waals surface area contributed by atoms with Crippen molar-refractivity contribution in [2.45, 2.75) is 50.5 Å². The van der Waals surface area contributed by atoms with E-state index in [1.54, 1.807) is 0 Å². The highest BCUT2D eigenvalue weighted by Crippen LogP contribution is 2.35. The van der Waals surface area contributed by atoms with Crippen LogP contribution < -0.4 is 5.32 Å². The number of carbonyl (C=O) groups is 1. The highest BCUT2D eigenvalue weighted by atomic mass is 32.1. The molecule has 2 nitrogen and oxygen atoms in total. The number of hydrogen-bond acceptors (Lipinski definition) is 2. The summed E-state index contributed by atoms with van der Waals surface area (Å²) in [4.78, 5) is 12.9. The van der Waals surface area contributed by atoms with Gasteiger partial charge in [-0.25, -0.2) is 0 Å². The van der Waals surface area contributed by atoms with Crippen LogP contribution in [0.3, 0.4) is 0 Å². The average molecular weight is 263 g/mol. The van der Waals surface area contributed by atoms with Crippen molar-refractivity contribution in [3.63, 3.8) is 0 Å². The molecule has 0 spiro atoms. The van der Waals surface area contributed by atoms with Gasteiger partial charge in [0, 0.05) is 16.5 Å². The zero-order valence-corrected chi connectivity index (χ0v) is 12.0. The molecular formula is C15H21NOS. The van der Waals surface area contributed by atoms with E-state index >= 15 is 0 Å². The van der Waals surface area contributed by atoms with Crippen molar-refractivity contribution < 1.29 is 4.79 Å². The summed E-state index contributed by atoms with van der Waals surface area (Å²) in [6.45, 7) is 4.60. The number of hydrogen-bond donors (Lipinski definition) is 2. The quantitative estimate of drug-likeness (QED) is 0.783. The van der Waals surface area contributed by atoms with Gasteiger partial charge in [0.2, 0.25) is 0 Å². The number of carbonyl (C=O) groups excluding carboxylic acids is 1. The lowest BCUT2D eigenvalue weighted by atomic mass is 9.75. The molecule has 1 saturated carbocycles. The molecule has 0 heterocycles. The molecule has 18 heavy (non-hydrogen) atoms. The van der Waals surface area contributed by atoms with Gasteiger partial charge < -0.3 is 5.32 Å². The first kappa shape index (κ1) is 13.5. The van der Waals surface area contributed by atoms with Crippen molar-refractivity contribution in [2.24, 2.45) is 5.41 Å². The minimum absolute atomic E-state index is 0.0352. The van der Waals surface area contributed by atoms with Crippen LogP contribution in [0.2, 0.25) is 0 Å². The molecule has 0 unspecified atom stereocenters. The summed E-state index contributed by atoms with van der Waals surface area (Å²) < 4.78 is 0. The third kappa shape index (κ3) is 3.52. The van der Waals surface area contributed by atoms with Gasteiger partial charge in [-0.3, -0.25) is 4.79 Å². The van der Waals surface area contributed by atoms with Crippen LogP contribution in [-0.4, -0.2) is 11.9 Å². The van der Waals surface area contributed by atoms with Crippen molar-refractivity contribution in [1.29, 1.82) is 0 Å². The minimum atomic E-state index is 0.0352. The molecule has 0 aromatic heterocycles. The van der Waals surface area contributed by atoms with E-state index in [0.717, 1.165) is 23.3 Å². The molecule has 0 bridgehead atoms. The second-order valence-electron chi connectivity index (χ2n) is 5.96. The molecule has 1 fully saturated rings. The Balaban J connectivity index is 1.90. The van der Waals surface area contributed by atoms with Gasteiger partial charge in [-0.15, -0.1) is 12.6 Å². The highest BCUT2D eigenvalue weighted by molar-refractivity contribution is 7.80. The molecule has 0 saturated heterocycles. The van der Waals surface area contributed by atoms with E-state index in [1.807, 2.05) is 24.3 Å². The molecule has 98 valence electrons. The van der Waals surface area contributed by atoms with Gasteiger partial charge in [0.15, 0.2) is 0 Å². The van der Waals surface area contributed by atoms with Crippen LogP contribution in [0.5, 0.6) is 0 Å². The van der Waals surface area contributed by atoms with E-state index < -0.39 is 0 Å². The van der Waals surface area contributed by atoms with Crippen molar-refractivity contribution >= 4 is 18.5 Å². The molecule has 1 N–H and O–H groups in total. The first-order valence-electron chi connectivity index (χ1n) is 6.56. The van der Waals surface area contributed by atoms with Gasteiger partial charge in [-0.1, -0.05) is 13.8 Å². The summed E-state index contributed by atoms with van der Waals surface area (Å²) in [5.74, 6) is 0.0352. The van der Waals surface area contributed by atoms with Crippen molar-refractivity contribution in [3.05, 3.63) is 29.8 Å². The summed E-state index contributed by atoms with van der Waals surface area (Å²) in [7, 11) is 0. The maximum Gasteiger partial charge on any atom is 0.251 e. The van der Waals surface area contributed by atoms with Crippen molar-refractivity contribution in [2.75, 3.05) is 0 Å². The molecule has 1 aliphatic rings. The van der Waals surface area contributed by atoms with E-state index in [9.17, 15) is 4.79 Å². The van der Waals surface area contributed by atoms with Crippen LogP contribution in [0, 0.1) is 5.41 Å². The SMILES string of the molecule is CC1(C)CCC(NC(=O)c2ccc(S)cc2)CC1. The maximum absolute atomic E-state index is 12.0. The molecule has 1 aromatic carbocycles. The van der Waals surface area contributed by atoms with Crippen LogP contribution in [-0.2, 0) is 0 Å². The van der Waals surface area contributed by atoms with E-state index in [-0.39, 0.29) is 5.91 Å². The Morgan fingerprint density at radius 2 is 1.78 bits per heavy atom. The van der Waals surface area contributed by atoms with Gasteiger partial charge in [0.1, 0.15) is 0 Å². The lowest BCUT2D eigenvalue weighted by molar-refractivity contribution is 0.0909.